The Morgan fingerprint density at radius 1 is 1.41 bits per heavy atom. The topological polar surface area (TPSA) is 74.7 Å². The number of aliphatic carboxylic acids is 1. The van der Waals surface area contributed by atoms with Crippen LogP contribution in [0, 0.1) is 11.8 Å². The number of rotatable bonds is 5. The highest BCUT2D eigenvalue weighted by Crippen LogP contribution is 2.21. The number of amides is 2. The molecule has 1 aliphatic rings. The molecule has 1 atom stereocenters. The molecule has 0 aromatic heterocycles. The fourth-order valence-electron chi connectivity index (χ4n) is 2.07. The number of carboxylic acid groups (broad SMARTS) is 1. The van der Waals surface area contributed by atoms with Crippen molar-refractivity contribution in [1.82, 2.24) is 4.90 Å². The van der Waals surface area contributed by atoms with Crippen LogP contribution in [0.3, 0.4) is 0 Å². The summed E-state index contributed by atoms with van der Waals surface area (Å²) >= 11 is 0. The van der Waals surface area contributed by atoms with Gasteiger partial charge in [-0.1, -0.05) is 20.3 Å². The molecule has 1 N–H and O–H groups in total. The van der Waals surface area contributed by atoms with E-state index in [1.165, 1.54) is 4.90 Å². The van der Waals surface area contributed by atoms with Gasteiger partial charge in [0.05, 0.1) is 0 Å². The van der Waals surface area contributed by atoms with E-state index in [1.807, 2.05) is 13.8 Å². The fourth-order valence-corrected chi connectivity index (χ4v) is 2.07. The van der Waals surface area contributed by atoms with Gasteiger partial charge in [-0.3, -0.25) is 19.3 Å². The van der Waals surface area contributed by atoms with Gasteiger partial charge in [0.1, 0.15) is 0 Å². The molecule has 0 radical (unpaired) electrons. The summed E-state index contributed by atoms with van der Waals surface area (Å²) in [7, 11) is 0. The molecule has 1 unspecified atom stereocenters. The Labute approximate surface area is 101 Å². The van der Waals surface area contributed by atoms with Crippen LogP contribution in [-0.2, 0) is 14.4 Å². The van der Waals surface area contributed by atoms with Crippen LogP contribution < -0.4 is 0 Å². The number of hydrogen-bond acceptors (Lipinski definition) is 3. The maximum atomic E-state index is 11.7. The summed E-state index contributed by atoms with van der Waals surface area (Å²) in [6.07, 6.45) is 1.42. The van der Waals surface area contributed by atoms with Crippen molar-refractivity contribution in [3.63, 3.8) is 0 Å². The molecule has 1 heterocycles. The largest absolute Gasteiger partial charge is 0.481 e. The van der Waals surface area contributed by atoms with Crippen LogP contribution in [0.5, 0.6) is 0 Å². The standard InChI is InChI=1S/C12H19NO4/c1-3-9(6-12(16)17)7-13-10(14)4-8(2)5-11(13)15/h8-9H,3-7H2,1-2H3,(H,16,17). The van der Waals surface area contributed by atoms with E-state index in [0.717, 1.165) is 0 Å². The van der Waals surface area contributed by atoms with Crippen LogP contribution in [-0.4, -0.2) is 34.3 Å². The summed E-state index contributed by atoms with van der Waals surface area (Å²) in [5.41, 5.74) is 0. The minimum atomic E-state index is -0.887. The van der Waals surface area contributed by atoms with Gasteiger partial charge in [-0.05, 0) is 11.8 Å². The fraction of sp³-hybridized carbons (Fsp3) is 0.750. The van der Waals surface area contributed by atoms with E-state index in [9.17, 15) is 14.4 Å². The average Bonchev–Trinajstić information content (AvgIpc) is 2.20. The molecule has 0 aromatic rings. The van der Waals surface area contributed by atoms with Crippen LogP contribution in [0.2, 0.25) is 0 Å². The summed E-state index contributed by atoms with van der Waals surface area (Å²) in [6, 6.07) is 0. The van der Waals surface area contributed by atoms with E-state index >= 15 is 0 Å². The Morgan fingerprint density at radius 2 is 1.94 bits per heavy atom. The first-order valence-corrected chi connectivity index (χ1v) is 5.99. The van der Waals surface area contributed by atoms with Crippen LogP contribution in [0.1, 0.15) is 39.5 Å². The Balaban J connectivity index is 2.62. The maximum Gasteiger partial charge on any atom is 0.303 e. The third-order valence-corrected chi connectivity index (χ3v) is 3.13. The number of likely N-dealkylation sites (tertiary alicyclic amines) is 1. The summed E-state index contributed by atoms with van der Waals surface area (Å²) in [5.74, 6) is -1.27. The summed E-state index contributed by atoms with van der Waals surface area (Å²) in [5, 5.41) is 8.73. The zero-order chi connectivity index (χ0) is 13.0. The van der Waals surface area contributed by atoms with Crippen molar-refractivity contribution in [2.45, 2.75) is 39.5 Å². The molecular formula is C12H19NO4. The van der Waals surface area contributed by atoms with Gasteiger partial charge in [-0.2, -0.15) is 0 Å². The molecule has 96 valence electrons. The minimum Gasteiger partial charge on any atom is -0.481 e. The van der Waals surface area contributed by atoms with E-state index in [-0.39, 0.29) is 36.6 Å². The molecule has 1 fully saturated rings. The normalized spacial score (nSPS) is 19.5. The van der Waals surface area contributed by atoms with Crippen molar-refractivity contribution in [3.05, 3.63) is 0 Å². The minimum absolute atomic E-state index is 0.00309. The van der Waals surface area contributed by atoms with Gasteiger partial charge in [0.15, 0.2) is 0 Å². The third kappa shape index (κ3) is 3.84. The third-order valence-electron chi connectivity index (χ3n) is 3.13. The molecule has 0 saturated carbocycles. The van der Waals surface area contributed by atoms with Crippen molar-refractivity contribution in [3.8, 4) is 0 Å². The number of imide groups is 1. The Morgan fingerprint density at radius 3 is 2.35 bits per heavy atom. The predicted molar refractivity (Wildman–Crippen MR) is 61.2 cm³/mol. The molecule has 0 aliphatic carbocycles. The van der Waals surface area contributed by atoms with Crippen molar-refractivity contribution >= 4 is 17.8 Å². The van der Waals surface area contributed by atoms with Crippen LogP contribution in [0.4, 0.5) is 0 Å². The lowest BCUT2D eigenvalue weighted by molar-refractivity contribution is -0.151. The lowest BCUT2D eigenvalue weighted by Crippen LogP contribution is -2.45. The Hall–Kier alpha value is -1.39. The average molecular weight is 241 g/mol. The smallest absolute Gasteiger partial charge is 0.303 e. The quantitative estimate of drug-likeness (QED) is 0.735. The van der Waals surface area contributed by atoms with Gasteiger partial charge in [0.25, 0.3) is 0 Å². The summed E-state index contributed by atoms with van der Waals surface area (Å²) in [6.45, 7) is 3.99. The Kier molecular flexibility index (Phi) is 4.66. The predicted octanol–water partition coefficient (Wildman–Crippen LogP) is 1.27. The summed E-state index contributed by atoms with van der Waals surface area (Å²) < 4.78 is 0. The van der Waals surface area contributed by atoms with Gasteiger partial charge in [0.2, 0.25) is 11.8 Å². The van der Waals surface area contributed by atoms with Crippen LogP contribution >= 0.6 is 0 Å². The lowest BCUT2D eigenvalue weighted by atomic mass is 9.95. The lowest BCUT2D eigenvalue weighted by Gasteiger charge is -2.30. The molecule has 0 aromatic carbocycles. The second kappa shape index (κ2) is 5.80. The molecule has 1 saturated heterocycles. The van der Waals surface area contributed by atoms with Crippen LogP contribution in [0.15, 0.2) is 0 Å². The molecule has 17 heavy (non-hydrogen) atoms. The van der Waals surface area contributed by atoms with Crippen molar-refractivity contribution in [2.24, 2.45) is 11.8 Å². The molecule has 2 amide bonds. The number of carbonyl (C=O) groups is 3. The summed E-state index contributed by atoms with van der Waals surface area (Å²) in [4.78, 5) is 35.3. The van der Waals surface area contributed by atoms with E-state index in [0.29, 0.717) is 19.3 Å². The van der Waals surface area contributed by atoms with Gasteiger partial charge >= 0.3 is 5.97 Å². The van der Waals surface area contributed by atoms with Gasteiger partial charge < -0.3 is 5.11 Å². The molecule has 0 bridgehead atoms. The second-order valence-electron chi connectivity index (χ2n) is 4.78. The highest BCUT2D eigenvalue weighted by atomic mass is 16.4. The van der Waals surface area contributed by atoms with Crippen molar-refractivity contribution < 1.29 is 19.5 Å². The highest BCUT2D eigenvalue weighted by Gasteiger charge is 2.31. The molecule has 0 spiro atoms. The number of piperidine rings is 1. The van der Waals surface area contributed by atoms with Gasteiger partial charge in [-0.25, -0.2) is 0 Å². The molecule has 1 rings (SSSR count). The van der Waals surface area contributed by atoms with E-state index < -0.39 is 5.97 Å². The zero-order valence-corrected chi connectivity index (χ0v) is 10.3. The SMILES string of the molecule is CCC(CC(=O)O)CN1C(=O)CC(C)CC1=O. The van der Waals surface area contributed by atoms with E-state index in [4.69, 9.17) is 5.11 Å². The highest BCUT2D eigenvalue weighted by molar-refractivity contribution is 5.97. The van der Waals surface area contributed by atoms with E-state index in [2.05, 4.69) is 0 Å². The number of carboxylic acids is 1. The van der Waals surface area contributed by atoms with E-state index in [1.54, 1.807) is 0 Å². The number of nitrogens with zero attached hydrogens (tertiary/aromatic N) is 1. The van der Waals surface area contributed by atoms with Crippen molar-refractivity contribution in [2.75, 3.05) is 6.54 Å². The second-order valence-corrected chi connectivity index (χ2v) is 4.78. The monoisotopic (exact) mass is 241 g/mol. The van der Waals surface area contributed by atoms with Crippen LogP contribution in [0.25, 0.3) is 0 Å². The first kappa shape index (κ1) is 13.7. The van der Waals surface area contributed by atoms with Gasteiger partial charge in [0, 0.05) is 25.8 Å². The first-order valence-electron chi connectivity index (χ1n) is 5.99. The zero-order valence-electron chi connectivity index (χ0n) is 10.3. The molecule has 1 aliphatic heterocycles. The van der Waals surface area contributed by atoms with Crippen molar-refractivity contribution in [1.29, 1.82) is 0 Å². The number of carbonyl (C=O) groups excluding carboxylic acids is 2. The Bertz CT molecular complexity index is 308. The molecule has 5 nitrogen and oxygen atoms in total. The first-order chi connectivity index (χ1) is 7.93. The molecule has 5 heteroatoms. The molecular weight excluding hydrogens is 222 g/mol. The van der Waals surface area contributed by atoms with Gasteiger partial charge in [-0.15, -0.1) is 0 Å². The number of hydrogen-bond donors (Lipinski definition) is 1. The maximum absolute atomic E-state index is 11.7.